The molecule has 1 unspecified atom stereocenters. The summed E-state index contributed by atoms with van der Waals surface area (Å²) in [4.78, 5) is 4.35. The molecule has 1 aromatic carbocycles. The number of methoxy groups -OCH3 is 1. The van der Waals surface area contributed by atoms with Gasteiger partial charge >= 0.3 is 0 Å². The van der Waals surface area contributed by atoms with Gasteiger partial charge in [0.2, 0.25) is 0 Å². The van der Waals surface area contributed by atoms with E-state index in [4.69, 9.17) is 9.47 Å². The van der Waals surface area contributed by atoms with Crippen molar-refractivity contribution < 1.29 is 23.4 Å². The van der Waals surface area contributed by atoms with Gasteiger partial charge in [0.25, 0.3) is 5.92 Å². The van der Waals surface area contributed by atoms with Gasteiger partial charge in [0.05, 0.1) is 7.11 Å². The summed E-state index contributed by atoms with van der Waals surface area (Å²) in [5.41, 5.74) is 1.00. The van der Waals surface area contributed by atoms with Gasteiger partial charge in [-0.25, -0.2) is 8.78 Å². The van der Waals surface area contributed by atoms with E-state index in [0.717, 1.165) is 18.7 Å². The normalized spacial score (nSPS) is 27.7. The number of alkyl halides is 2. The predicted molar refractivity (Wildman–Crippen MR) is 110 cm³/mol. The number of nitrogens with zero attached hydrogens (tertiary/aromatic N) is 2. The smallest absolute Gasteiger partial charge is 0.250 e. The zero-order valence-electron chi connectivity index (χ0n) is 17.7. The maximum Gasteiger partial charge on any atom is 0.250 e. The molecule has 3 saturated heterocycles. The zero-order valence-corrected chi connectivity index (χ0v) is 17.7. The van der Waals surface area contributed by atoms with Crippen molar-refractivity contribution in [2.24, 2.45) is 0 Å². The number of rotatable bonds is 8. The van der Waals surface area contributed by atoms with Crippen LogP contribution in [0.15, 0.2) is 18.2 Å². The summed E-state index contributed by atoms with van der Waals surface area (Å²) in [6.45, 7) is 4.18. The molecule has 3 atom stereocenters. The summed E-state index contributed by atoms with van der Waals surface area (Å²) in [6, 6.07) is 6.77. The molecule has 3 heterocycles. The number of likely N-dealkylation sites (tertiary alicyclic amines) is 2. The van der Waals surface area contributed by atoms with E-state index in [-0.39, 0.29) is 19.4 Å². The van der Waals surface area contributed by atoms with Crippen LogP contribution in [0.2, 0.25) is 0 Å². The molecule has 0 aromatic heterocycles. The minimum absolute atomic E-state index is 0.0855. The lowest BCUT2D eigenvalue weighted by Gasteiger charge is -2.34. The topological polar surface area (TPSA) is 57.2 Å². The van der Waals surface area contributed by atoms with E-state index in [9.17, 15) is 13.9 Å². The Hall–Kier alpha value is -1.48. The van der Waals surface area contributed by atoms with E-state index in [1.54, 1.807) is 7.11 Å². The summed E-state index contributed by atoms with van der Waals surface area (Å²) < 4.78 is 38.0. The van der Waals surface area contributed by atoms with Crippen molar-refractivity contribution >= 4 is 0 Å². The van der Waals surface area contributed by atoms with Crippen molar-refractivity contribution in [1.82, 2.24) is 15.1 Å². The summed E-state index contributed by atoms with van der Waals surface area (Å²) >= 11 is 0. The predicted octanol–water partition coefficient (Wildman–Crippen LogP) is 2.10. The third-order valence-electron chi connectivity index (χ3n) is 6.41. The molecule has 3 aliphatic heterocycles. The molecule has 0 amide bonds. The molecule has 168 valence electrons. The van der Waals surface area contributed by atoms with E-state index in [1.807, 2.05) is 23.1 Å². The monoisotopic (exact) mass is 425 g/mol. The molecule has 30 heavy (non-hydrogen) atoms. The zero-order chi connectivity index (χ0) is 21.1. The summed E-state index contributed by atoms with van der Waals surface area (Å²) in [7, 11) is 1.58. The third kappa shape index (κ3) is 5.60. The molecule has 1 aromatic rings. The SMILES string of the molecule is COc1cc(CN2CCC(F)(F)CC2)ccc1OCC(O)CN1C[C@H]2CC[C@@H](C1)N2. The number of aliphatic hydroxyl groups excluding tert-OH is 1. The highest BCUT2D eigenvalue weighted by atomic mass is 19.3. The first kappa shape index (κ1) is 21.7. The first-order valence-corrected chi connectivity index (χ1v) is 11.0. The summed E-state index contributed by atoms with van der Waals surface area (Å²) in [5, 5.41) is 14.0. The van der Waals surface area contributed by atoms with Crippen LogP contribution >= 0.6 is 0 Å². The molecular formula is C22H33F2N3O3. The Morgan fingerprint density at radius 3 is 2.50 bits per heavy atom. The lowest BCUT2D eigenvalue weighted by Crippen LogP contribution is -2.53. The largest absolute Gasteiger partial charge is 0.493 e. The van der Waals surface area contributed by atoms with E-state index in [2.05, 4.69) is 10.2 Å². The summed E-state index contributed by atoms with van der Waals surface area (Å²) in [6.07, 6.45) is 1.70. The van der Waals surface area contributed by atoms with Crippen molar-refractivity contribution in [3.05, 3.63) is 23.8 Å². The van der Waals surface area contributed by atoms with Crippen LogP contribution in [0.5, 0.6) is 11.5 Å². The van der Waals surface area contributed by atoms with Gasteiger partial charge in [-0.1, -0.05) is 6.07 Å². The maximum atomic E-state index is 13.3. The molecule has 4 rings (SSSR count). The number of halogens is 2. The highest BCUT2D eigenvalue weighted by Crippen LogP contribution is 2.31. The van der Waals surface area contributed by atoms with Crippen molar-refractivity contribution in [3.63, 3.8) is 0 Å². The number of benzene rings is 1. The number of nitrogens with one attached hydrogen (secondary N) is 1. The average Bonchev–Trinajstić information content (AvgIpc) is 3.06. The number of fused-ring (bicyclic) bond motifs is 2. The number of β-amino-alcohol motifs (C(OH)–C–C–N with tert-alkyl or cyclic N) is 1. The fraction of sp³-hybridized carbons (Fsp3) is 0.727. The van der Waals surface area contributed by atoms with E-state index in [0.29, 0.717) is 49.8 Å². The van der Waals surface area contributed by atoms with Crippen LogP contribution in [0.25, 0.3) is 0 Å². The maximum absolute atomic E-state index is 13.3. The van der Waals surface area contributed by atoms with Gasteiger partial charge in [-0.15, -0.1) is 0 Å². The minimum atomic E-state index is -2.53. The molecule has 6 nitrogen and oxygen atoms in total. The van der Waals surface area contributed by atoms with E-state index in [1.165, 1.54) is 12.8 Å². The summed E-state index contributed by atoms with van der Waals surface area (Å²) in [5.74, 6) is -1.34. The molecule has 0 saturated carbocycles. The number of piperidine rings is 1. The molecule has 0 aliphatic carbocycles. The van der Waals surface area contributed by atoms with Gasteiger partial charge in [-0.3, -0.25) is 9.80 Å². The Labute approximate surface area is 177 Å². The molecule has 0 radical (unpaired) electrons. The second kappa shape index (κ2) is 9.34. The Morgan fingerprint density at radius 2 is 1.83 bits per heavy atom. The first-order valence-electron chi connectivity index (χ1n) is 11.0. The second-order valence-electron chi connectivity index (χ2n) is 8.94. The standard InChI is InChI=1S/C22H33F2N3O3/c1-29-21-10-16(11-26-8-6-22(23,24)7-9-26)2-5-20(21)30-15-19(28)14-27-12-17-3-4-18(13-27)25-17/h2,5,10,17-19,25,28H,3-4,6-9,11-15H2,1H3/t17-,18+,19?. The van der Waals surface area contributed by atoms with Crippen molar-refractivity contribution in [2.45, 2.75) is 56.3 Å². The Balaban J connectivity index is 1.26. The van der Waals surface area contributed by atoms with Crippen molar-refractivity contribution in [3.8, 4) is 11.5 Å². The lowest BCUT2D eigenvalue weighted by molar-refractivity contribution is -0.0566. The molecule has 0 spiro atoms. The molecule has 8 heteroatoms. The molecule has 3 aliphatic rings. The first-order chi connectivity index (χ1) is 14.4. The van der Waals surface area contributed by atoms with Crippen molar-refractivity contribution in [2.75, 3.05) is 46.4 Å². The second-order valence-corrected chi connectivity index (χ2v) is 8.94. The molecule has 3 fully saturated rings. The van der Waals surface area contributed by atoms with Gasteiger partial charge in [-0.2, -0.15) is 0 Å². The highest BCUT2D eigenvalue weighted by molar-refractivity contribution is 5.43. The number of ether oxygens (including phenoxy) is 2. The third-order valence-corrected chi connectivity index (χ3v) is 6.41. The quantitative estimate of drug-likeness (QED) is 0.665. The van der Waals surface area contributed by atoms with Gasteiger partial charge in [-0.05, 0) is 30.5 Å². The fourth-order valence-corrected chi connectivity index (χ4v) is 4.80. The minimum Gasteiger partial charge on any atom is -0.493 e. The van der Waals surface area contributed by atoms with Crippen LogP contribution in [0.4, 0.5) is 8.78 Å². The van der Waals surface area contributed by atoms with Crippen LogP contribution in [0.1, 0.15) is 31.2 Å². The van der Waals surface area contributed by atoms with Crippen molar-refractivity contribution in [1.29, 1.82) is 0 Å². The average molecular weight is 426 g/mol. The van der Waals surface area contributed by atoms with E-state index >= 15 is 0 Å². The molecule has 2 bridgehead atoms. The Kier molecular flexibility index (Phi) is 6.77. The Bertz CT molecular complexity index is 699. The van der Waals surface area contributed by atoms with Gasteiger partial charge in [0.1, 0.15) is 12.7 Å². The highest BCUT2D eigenvalue weighted by Gasteiger charge is 2.34. The van der Waals surface area contributed by atoms with Crippen LogP contribution < -0.4 is 14.8 Å². The van der Waals surface area contributed by atoms with Crippen LogP contribution in [-0.4, -0.2) is 85.5 Å². The Morgan fingerprint density at radius 1 is 1.13 bits per heavy atom. The molecule has 2 N–H and O–H groups in total. The van der Waals surface area contributed by atoms with Crippen LogP contribution in [-0.2, 0) is 6.54 Å². The molecular weight excluding hydrogens is 392 g/mol. The van der Waals surface area contributed by atoms with Gasteiger partial charge in [0, 0.05) is 64.2 Å². The van der Waals surface area contributed by atoms with Crippen LogP contribution in [0, 0.1) is 0 Å². The number of aliphatic hydroxyl groups is 1. The van der Waals surface area contributed by atoms with Gasteiger partial charge in [0.15, 0.2) is 11.5 Å². The number of hydrogen-bond donors (Lipinski definition) is 2. The van der Waals surface area contributed by atoms with Crippen LogP contribution in [0.3, 0.4) is 0 Å². The fourth-order valence-electron chi connectivity index (χ4n) is 4.80. The lowest BCUT2D eigenvalue weighted by atomic mass is 10.1. The number of hydrogen-bond acceptors (Lipinski definition) is 6. The van der Waals surface area contributed by atoms with E-state index < -0.39 is 12.0 Å². The van der Waals surface area contributed by atoms with Gasteiger partial charge < -0.3 is 19.9 Å². The number of piperazine rings is 1.